The molecule has 10 rings (SSSR count). The Labute approximate surface area is 554 Å². The molecule has 10 aromatic rings. The second-order valence-electron chi connectivity index (χ2n) is 22.3. The van der Waals surface area contributed by atoms with E-state index in [-0.39, 0.29) is 52.6 Å². The highest BCUT2D eigenvalue weighted by atomic mass is 32.1. The lowest BCUT2D eigenvalue weighted by Gasteiger charge is -2.25. The number of nitrogens with two attached hydrogens (primary N) is 2. The van der Waals surface area contributed by atoms with Gasteiger partial charge in [0.2, 0.25) is 5.91 Å². The van der Waals surface area contributed by atoms with Crippen LogP contribution < -0.4 is 21.1 Å². The molecular formula is C74H78F4N6O8S2. The summed E-state index contributed by atoms with van der Waals surface area (Å²) in [4.78, 5) is 22.7. The van der Waals surface area contributed by atoms with E-state index < -0.39 is 23.1 Å². The van der Waals surface area contributed by atoms with Gasteiger partial charge in [0.05, 0.1) is 40.5 Å². The maximum Gasteiger partial charge on any atom is 0.224 e. The Morgan fingerprint density at radius 2 is 1.18 bits per heavy atom. The van der Waals surface area contributed by atoms with Crippen LogP contribution in [-0.4, -0.2) is 65.7 Å². The van der Waals surface area contributed by atoms with Gasteiger partial charge in [-0.3, -0.25) is 4.79 Å². The van der Waals surface area contributed by atoms with Gasteiger partial charge in [0.25, 0.3) is 0 Å². The molecule has 0 aliphatic heterocycles. The molecule has 94 heavy (non-hydrogen) atoms. The monoisotopic (exact) mass is 1310 g/mol. The van der Waals surface area contributed by atoms with Crippen molar-refractivity contribution in [3.63, 3.8) is 0 Å². The van der Waals surface area contributed by atoms with Crippen LogP contribution in [0, 0.1) is 88.0 Å². The van der Waals surface area contributed by atoms with Crippen molar-refractivity contribution in [3.8, 4) is 68.7 Å². The van der Waals surface area contributed by atoms with Crippen LogP contribution in [0.25, 0.3) is 20.8 Å². The lowest BCUT2D eigenvalue weighted by atomic mass is 10.1. The number of hydrogen-bond donors (Lipinski definition) is 8. The minimum absolute atomic E-state index is 0.0252. The van der Waals surface area contributed by atoms with Gasteiger partial charge in [-0.15, -0.1) is 22.7 Å². The molecule has 0 radical (unpaired) electrons. The summed E-state index contributed by atoms with van der Waals surface area (Å²) in [5, 5.41) is 67.0. The summed E-state index contributed by atoms with van der Waals surface area (Å²) in [7, 11) is 1.66. The number of methoxy groups -OCH3 is 1. The maximum atomic E-state index is 13.5. The smallest absolute Gasteiger partial charge is 0.224 e. The number of phenols is 6. The minimum Gasteiger partial charge on any atom is -0.508 e. The zero-order valence-corrected chi connectivity index (χ0v) is 55.9. The van der Waals surface area contributed by atoms with Gasteiger partial charge in [0, 0.05) is 58.9 Å². The van der Waals surface area contributed by atoms with E-state index >= 15 is 0 Å². The SMILES string of the molecule is CCCc1cc(O)c(O)cc1[18F].COc1ccc(C)cc1CN(C(C)=O)c1cc(C)ccc1C.C[C@@H](N)Cc1cc(O)c(O)cc1[18F].C[C@@H](N)Cc1cc(O)ccc1[18F].Cc1cc(C#N)cc(C#Cc2csc(C)n2)c1.Cc1ccc(-c2nc3ccc(O)cc3s2)cc1[18F]. The predicted molar refractivity (Wildman–Crippen MR) is 367 cm³/mol. The summed E-state index contributed by atoms with van der Waals surface area (Å²) < 4.78 is 58.8. The molecule has 2 heterocycles. The Balaban J connectivity index is 0.000000207. The van der Waals surface area contributed by atoms with Crippen molar-refractivity contribution in [2.45, 2.75) is 114 Å². The fourth-order valence-corrected chi connectivity index (χ4v) is 10.6. The quantitative estimate of drug-likeness (QED) is 0.0341. The number of halogens is 4. The first-order valence-electron chi connectivity index (χ1n) is 29.7. The topological polar surface area (TPSA) is 253 Å². The average Bonchev–Trinajstić information content (AvgIpc) is 1.56. The summed E-state index contributed by atoms with van der Waals surface area (Å²) in [5.41, 5.74) is 23.1. The number of amides is 1. The first-order chi connectivity index (χ1) is 44.5. The van der Waals surface area contributed by atoms with Gasteiger partial charge in [-0.2, -0.15) is 5.26 Å². The van der Waals surface area contributed by atoms with Crippen molar-refractivity contribution in [1.82, 2.24) is 9.97 Å². The molecule has 20 heteroatoms. The zero-order valence-electron chi connectivity index (χ0n) is 54.2. The number of anilines is 1. The number of nitriles is 1. The van der Waals surface area contributed by atoms with Crippen LogP contribution in [0.2, 0.25) is 0 Å². The van der Waals surface area contributed by atoms with Gasteiger partial charge in [-0.25, -0.2) is 27.5 Å². The van der Waals surface area contributed by atoms with Gasteiger partial charge in [0.15, 0.2) is 23.0 Å². The van der Waals surface area contributed by atoms with E-state index in [1.807, 2.05) is 83.3 Å². The lowest BCUT2D eigenvalue weighted by Crippen LogP contribution is -2.28. The van der Waals surface area contributed by atoms with Crippen LogP contribution in [0.3, 0.4) is 0 Å². The van der Waals surface area contributed by atoms with Crippen LogP contribution in [0.1, 0.15) is 106 Å². The molecule has 8 aromatic carbocycles. The van der Waals surface area contributed by atoms with Gasteiger partial charge in [0.1, 0.15) is 51.2 Å². The molecule has 0 aliphatic rings. The van der Waals surface area contributed by atoms with Gasteiger partial charge < -0.3 is 51.7 Å². The molecule has 14 nitrogen and oxygen atoms in total. The number of thiazole rings is 2. The van der Waals surface area contributed by atoms with E-state index in [0.717, 1.165) is 94.9 Å². The van der Waals surface area contributed by atoms with Crippen molar-refractivity contribution >= 4 is 44.5 Å². The molecule has 0 fully saturated rings. The Morgan fingerprint density at radius 3 is 1.78 bits per heavy atom. The number of fused-ring (bicyclic) bond motifs is 1. The molecule has 10 N–H and O–H groups in total. The van der Waals surface area contributed by atoms with Crippen LogP contribution in [0.15, 0.2) is 139 Å². The van der Waals surface area contributed by atoms with E-state index in [1.54, 1.807) is 81.4 Å². The number of carbonyl (C=O) groups is 1. The molecule has 1 amide bonds. The average molecular weight is 1320 g/mol. The normalized spacial score (nSPS) is 10.9. The van der Waals surface area contributed by atoms with Gasteiger partial charge in [-0.05, 0) is 204 Å². The summed E-state index contributed by atoms with van der Waals surface area (Å²) in [6.45, 7) is 19.3. The highest BCUT2D eigenvalue weighted by Crippen LogP contribution is 2.34. The largest absolute Gasteiger partial charge is 0.508 e. The van der Waals surface area contributed by atoms with Crippen LogP contribution in [0.5, 0.6) is 40.2 Å². The van der Waals surface area contributed by atoms with E-state index in [0.29, 0.717) is 53.6 Å². The number of aryl methyl sites for hydroxylation is 7. The van der Waals surface area contributed by atoms with Gasteiger partial charge >= 0.3 is 0 Å². The number of carbonyl (C=O) groups excluding carboxylic acids is 1. The number of benzene rings is 8. The molecule has 2 aromatic heterocycles. The number of nitrogens with zero attached hydrogens (tertiary/aromatic N) is 4. The van der Waals surface area contributed by atoms with E-state index in [4.69, 9.17) is 47.0 Å². The summed E-state index contributed by atoms with van der Waals surface area (Å²) >= 11 is 3.03. The minimum atomic E-state index is -0.549. The molecule has 0 saturated carbocycles. The Hall–Kier alpha value is -9.96. The number of phenolic OH excluding ortho intramolecular Hbond substituents is 6. The van der Waals surface area contributed by atoms with E-state index in [2.05, 4.69) is 46.1 Å². The van der Waals surface area contributed by atoms with Gasteiger partial charge in [-0.1, -0.05) is 61.2 Å². The fourth-order valence-electron chi connectivity index (χ4n) is 9.04. The van der Waals surface area contributed by atoms with Crippen molar-refractivity contribution in [2.24, 2.45) is 11.5 Å². The van der Waals surface area contributed by atoms with Crippen molar-refractivity contribution < 1.29 is 57.7 Å². The first-order valence-corrected chi connectivity index (χ1v) is 31.4. The number of ether oxygens (including phenoxy) is 1. The lowest BCUT2D eigenvalue weighted by molar-refractivity contribution is -0.116. The van der Waals surface area contributed by atoms with E-state index in [9.17, 15) is 27.5 Å². The number of hydrogen-bond acceptors (Lipinski definition) is 15. The molecule has 0 spiro atoms. The van der Waals surface area contributed by atoms with Crippen molar-refractivity contribution in [1.29, 1.82) is 5.26 Å². The van der Waals surface area contributed by atoms with Crippen LogP contribution >= 0.6 is 22.7 Å². The molecule has 0 bridgehead atoms. The maximum absolute atomic E-state index is 13.5. The second kappa shape index (κ2) is 35.7. The van der Waals surface area contributed by atoms with Crippen molar-refractivity contribution in [2.75, 3.05) is 12.0 Å². The van der Waals surface area contributed by atoms with E-state index in [1.165, 1.54) is 47.7 Å². The third kappa shape index (κ3) is 23.3. The summed E-state index contributed by atoms with van der Waals surface area (Å²) in [6, 6.07) is 38.0. The Kier molecular flexibility index (Phi) is 28.4. The molecule has 492 valence electrons. The second-order valence-corrected chi connectivity index (χ2v) is 24.4. The zero-order chi connectivity index (χ0) is 69.5. The molecule has 2 atom stereocenters. The molecule has 0 saturated heterocycles. The molecule has 0 aliphatic carbocycles. The Bertz CT molecular complexity index is 4330. The first kappa shape index (κ1) is 74.8. The number of aromatic nitrogens is 2. The fraction of sp³-hybridized carbons (Fsp3) is 0.243. The highest BCUT2D eigenvalue weighted by molar-refractivity contribution is 7.21. The molecular weight excluding hydrogens is 1240 g/mol. The van der Waals surface area contributed by atoms with Crippen LogP contribution in [-0.2, 0) is 30.6 Å². The third-order valence-corrected chi connectivity index (χ3v) is 15.5. The summed E-state index contributed by atoms with van der Waals surface area (Å²) in [5.74, 6) is 4.15. The molecule has 0 unspecified atom stereocenters. The number of rotatable bonds is 11. The van der Waals surface area contributed by atoms with Crippen molar-refractivity contribution in [3.05, 3.63) is 234 Å². The highest BCUT2D eigenvalue weighted by Gasteiger charge is 2.18. The summed E-state index contributed by atoms with van der Waals surface area (Å²) in [6.07, 6.45) is 2.15. The third-order valence-electron chi connectivity index (χ3n) is 13.7. The standard InChI is InChI=1S/C19H23NO2.C14H10FNOS.C14H10N2S.C9H12FNO2.C9H12FNO.C9H11FO2/c1-13-7-9-19(22-5)17(10-13)12-20(16(4)21)18-11-14(2)6-8-15(18)3;1-8-2-3-9(6-11(8)15)14-16-12-5-4-10(17)7-13(12)18-14;1-10-5-12(7-13(6-10)8-15)3-4-14-9-17-11(2)16-14;1-5(11)2-6-3-8(12)9(13)4-7(6)10;1-6(11)4-7-5-8(12)2-3-9(7)10;1-2-3-6-4-8(11)9(12)5-7(6)10/h6-11H,12H2,1-5H3;2-7,17H,1H3;5-7,9H,1-2H3;3-5,12-13H,2,11H2,1H3;2-3,5-6,12H,4,11H2,1H3;4-5,11-12H,2-3H2,1H3/t;;;5-;6-;/m...11./s1/i;15-1;;3*10-1. The van der Waals surface area contributed by atoms with Crippen LogP contribution in [0.4, 0.5) is 23.2 Å². The number of aromatic hydroxyl groups is 6. The predicted octanol–water partition coefficient (Wildman–Crippen LogP) is 16.1. The Morgan fingerprint density at radius 1 is 0.606 bits per heavy atom.